The number of amides is 2. The lowest BCUT2D eigenvalue weighted by molar-refractivity contribution is 0.156. The highest BCUT2D eigenvalue weighted by Gasteiger charge is 2.50. The van der Waals surface area contributed by atoms with Gasteiger partial charge in [-0.2, -0.15) is 4.37 Å². The molecule has 1 aromatic heterocycles. The Balaban J connectivity index is 1.49. The lowest BCUT2D eigenvalue weighted by Crippen LogP contribution is -2.52. The predicted octanol–water partition coefficient (Wildman–Crippen LogP) is 3.78. The third kappa shape index (κ3) is 3.86. The molecule has 0 unspecified atom stereocenters. The number of likely N-dealkylation sites (tertiary alicyclic amines) is 1. The summed E-state index contributed by atoms with van der Waals surface area (Å²) in [6, 6.07) is 8.59. The Morgan fingerprint density at radius 2 is 2.03 bits per heavy atom. The van der Waals surface area contributed by atoms with Gasteiger partial charge in [0.25, 0.3) is 0 Å². The number of aromatic nitrogens is 1. The summed E-state index contributed by atoms with van der Waals surface area (Å²) in [5.74, 6) is 1.53. The molecular weight excluding hydrogens is 400 g/mol. The highest BCUT2D eigenvalue weighted by atomic mass is 32.1. The number of hydrogen-bond acceptors (Lipinski definition) is 6. The van der Waals surface area contributed by atoms with Crippen molar-refractivity contribution in [2.24, 2.45) is 0 Å². The number of benzene rings is 1. The minimum Gasteiger partial charge on any atom is -0.493 e. The summed E-state index contributed by atoms with van der Waals surface area (Å²) < 4.78 is 15.2. The standard InChI is InChI=1S/C22H30N4O3S/c1-14-11-20(30-25-14)24-21(27)23-16-7-8-22(9-10-26(2)19(22)13-16)15-5-6-17(28-3)18(12-15)29-4/h5-6,11-12,16,19H,7-10,13H2,1-4H3,(H2,23,24,27)/t16-,19+,22+/m1/s1. The van der Waals surface area contributed by atoms with Crippen molar-refractivity contribution in [1.29, 1.82) is 0 Å². The van der Waals surface area contributed by atoms with Crippen LogP contribution in [0.25, 0.3) is 0 Å². The molecular formula is C22H30N4O3S. The minimum atomic E-state index is -0.150. The van der Waals surface area contributed by atoms with Crippen LogP contribution in [0, 0.1) is 6.92 Å². The van der Waals surface area contributed by atoms with E-state index in [0.717, 1.165) is 54.4 Å². The number of methoxy groups -OCH3 is 2. The van der Waals surface area contributed by atoms with Gasteiger partial charge in [-0.15, -0.1) is 0 Å². The van der Waals surface area contributed by atoms with Crippen molar-refractivity contribution >= 4 is 22.6 Å². The van der Waals surface area contributed by atoms with Crippen molar-refractivity contribution in [1.82, 2.24) is 14.6 Å². The molecule has 0 spiro atoms. The molecule has 0 radical (unpaired) electrons. The van der Waals surface area contributed by atoms with Gasteiger partial charge in [0.1, 0.15) is 5.00 Å². The van der Waals surface area contributed by atoms with Crippen molar-refractivity contribution < 1.29 is 14.3 Å². The van der Waals surface area contributed by atoms with Crippen LogP contribution in [-0.2, 0) is 5.41 Å². The molecule has 1 aromatic carbocycles. The Labute approximate surface area is 181 Å². The minimum absolute atomic E-state index is 0.0811. The van der Waals surface area contributed by atoms with E-state index in [4.69, 9.17) is 9.47 Å². The van der Waals surface area contributed by atoms with Crippen molar-refractivity contribution in [2.45, 2.75) is 50.1 Å². The molecule has 4 rings (SSSR count). The van der Waals surface area contributed by atoms with Gasteiger partial charge in [-0.25, -0.2) is 4.79 Å². The second kappa shape index (κ2) is 8.43. The summed E-state index contributed by atoms with van der Waals surface area (Å²) in [5.41, 5.74) is 2.30. The van der Waals surface area contributed by atoms with Crippen LogP contribution in [0.15, 0.2) is 24.3 Å². The van der Waals surface area contributed by atoms with Gasteiger partial charge < -0.3 is 19.7 Å². The maximum absolute atomic E-state index is 12.5. The normalized spacial score (nSPS) is 26.1. The quantitative estimate of drug-likeness (QED) is 0.755. The van der Waals surface area contributed by atoms with Crippen LogP contribution in [0.2, 0.25) is 0 Å². The first kappa shape index (κ1) is 20.9. The molecule has 8 heteroatoms. The van der Waals surface area contributed by atoms with E-state index in [9.17, 15) is 4.79 Å². The number of likely N-dealkylation sites (N-methyl/N-ethyl adjacent to an activating group) is 1. The number of nitrogens with one attached hydrogen (secondary N) is 2. The summed E-state index contributed by atoms with van der Waals surface area (Å²) in [4.78, 5) is 14.9. The van der Waals surface area contributed by atoms with Gasteiger partial charge in [0.05, 0.1) is 19.9 Å². The van der Waals surface area contributed by atoms with Crippen LogP contribution >= 0.6 is 11.5 Å². The number of nitrogens with zero attached hydrogens (tertiary/aromatic N) is 2. The molecule has 1 saturated carbocycles. The summed E-state index contributed by atoms with van der Waals surface area (Å²) in [6.07, 6.45) is 4.03. The topological polar surface area (TPSA) is 75.7 Å². The fraction of sp³-hybridized carbons (Fsp3) is 0.545. The first-order chi connectivity index (χ1) is 14.4. The average molecular weight is 431 g/mol. The van der Waals surface area contributed by atoms with Gasteiger partial charge in [0.15, 0.2) is 11.5 Å². The number of rotatable bonds is 5. The summed E-state index contributed by atoms with van der Waals surface area (Å²) in [6.45, 7) is 2.97. The maximum Gasteiger partial charge on any atom is 0.320 e. The zero-order valence-electron chi connectivity index (χ0n) is 18.0. The van der Waals surface area contributed by atoms with Gasteiger partial charge >= 0.3 is 6.03 Å². The first-order valence-corrected chi connectivity index (χ1v) is 11.2. The zero-order valence-corrected chi connectivity index (χ0v) is 18.8. The molecule has 2 fully saturated rings. The van der Waals surface area contributed by atoms with E-state index in [-0.39, 0.29) is 17.5 Å². The molecule has 7 nitrogen and oxygen atoms in total. The molecule has 2 heterocycles. The van der Waals surface area contributed by atoms with Crippen LogP contribution in [-0.4, -0.2) is 55.2 Å². The number of hydrogen-bond donors (Lipinski definition) is 2. The van der Waals surface area contributed by atoms with Crippen molar-refractivity contribution in [2.75, 3.05) is 33.1 Å². The molecule has 2 aromatic rings. The van der Waals surface area contributed by atoms with Crippen LogP contribution in [0.5, 0.6) is 11.5 Å². The second-order valence-corrected chi connectivity index (χ2v) is 9.18. The number of carbonyl (C=O) groups excluding carboxylic acids is 1. The highest BCUT2D eigenvalue weighted by molar-refractivity contribution is 7.10. The van der Waals surface area contributed by atoms with E-state index in [2.05, 4.69) is 39.1 Å². The summed E-state index contributed by atoms with van der Waals surface area (Å²) >= 11 is 1.31. The molecule has 0 bridgehead atoms. The second-order valence-electron chi connectivity index (χ2n) is 8.37. The molecule has 30 heavy (non-hydrogen) atoms. The van der Waals surface area contributed by atoms with E-state index in [1.54, 1.807) is 14.2 Å². The van der Waals surface area contributed by atoms with Gasteiger partial charge in [-0.3, -0.25) is 5.32 Å². The third-order valence-corrected chi connectivity index (χ3v) is 7.48. The fourth-order valence-corrected chi connectivity index (χ4v) is 5.81. The number of urea groups is 1. The number of aryl methyl sites for hydroxylation is 1. The lowest BCUT2D eigenvalue weighted by Gasteiger charge is -2.45. The van der Waals surface area contributed by atoms with Gasteiger partial charge in [-0.1, -0.05) is 6.07 Å². The summed E-state index contributed by atoms with van der Waals surface area (Å²) in [5, 5.41) is 6.86. The fourth-order valence-electron chi connectivity index (χ4n) is 5.15. The smallest absolute Gasteiger partial charge is 0.320 e. The Morgan fingerprint density at radius 1 is 1.23 bits per heavy atom. The zero-order chi connectivity index (χ0) is 21.3. The van der Waals surface area contributed by atoms with Gasteiger partial charge in [-0.05, 0) is 81.5 Å². The molecule has 1 aliphatic carbocycles. The Bertz CT molecular complexity index is 918. The molecule has 162 valence electrons. The van der Waals surface area contributed by atoms with E-state index < -0.39 is 0 Å². The predicted molar refractivity (Wildman–Crippen MR) is 119 cm³/mol. The molecule has 2 N–H and O–H groups in total. The maximum atomic E-state index is 12.5. The molecule has 1 aliphatic heterocycles. The largest absolute Gasteiger partial charge is 0.493 e. The lowest BCUT2D eigenvalue weighted by atomic mass is 9.65. The van der Waals surface area contributed by atoms with Crippen LogP contribution in [0.4, 0.5) is 9.80 Å². The Hall–Kier alpha value is -2.32. The Kier molecular flexibility index (Phi) is 5.88. The van der Waals surface area contributed by atoms with Crippen LogP contribution < -0.4 is 20.1 Å². The van der Waals surface area contributed by atoms with E-state index in [1.807, 2.05) is 19.1 Å². The van der Waals surface area contributed by atoms with E-state index in [0.29, 0.717) is 6.04 Å². The Morgan fingerprint density at radius 3 is 2.73 bits per heavy atom. The highest BCUT2D eigenvalue weighted by Crippen LogP contribution is 2.49. The molecule has 2 aliphatic rings. The van der Waals surface area contributed by atoms with Gasteiger partial charge in [0.2, 0.25) is 0 Å². The molecule has 3 atom stereocenters. The molecule has 1 saturated heterocycles. The number of fused-ring (bicyclic) bond motifs is 1. The first-order valence-electron chi connectivity index (χ1n) is 10.4. The van der Waals surface area contributed by atoms with Crippen LogP contribution in [0.1, 0.15) is 36.9 Å². The van der Waals surface area contributed by atoms with Crippen molar-refractivity contribution in [3.05, 3.63) is 35.5 Å². The monoisotopic (exact) mass is 430 g/mol. The number of anilines is 1. The van der Waals surface area contributed by atoms with E-state index >= 15 is 0 Å². The number of ether oxygens (including phenoxy) is 2. The third-order valence-electron chi connectivity index (χ3n) is 6.69. The van der Waals surface area contributed by atoms with Crippen LogP contribution in [0.3, 0.4) is 0 Å². The average Bonchev–Trinajstić information content (AvgIpc) is 3.31. The van der Waals surface area contributed by atoms with Crippen molar-refractivity contribution in [3.63, 3.8) is 0 Å². The SMILES string of the molecule is COc1ccc([C@@]23CC[C@@H](NC(=O)Nc4cc(C)ns4)C[C@@H]2N(C)CC3)cc1OC. The number of carbonyl (C=O) groups is 1. The van der Waals surface area contributed by atoms with Gasteiger partial charge in [0, 0.05) is 17.5 Å². The summed E-state index contributed by atoms with van der Waals surface area (Å²) in [7, 11) is 5.54. The molecule has 2 amide bonds. The van der Waals surface area contributed by atoms with Crippen molar-refractivity contribution in [3.8, 4) is 11.5 Å². The van der Waals surface area contributed by atoms with E-state index in [1.165, 1.54) is 17.1 Å².